The Hall–Kier alpha value is -1.39. The van der Waals surface area contributed by atoms with E-state index in [1.807, 2.05) is 37.3 Å². The number of benzene rings is 1. The van der Waals surface area contributed by atoms with E-state index >= 15 is 0 Å². The number of hydrogen-bond donors (Lipinski definition) is 2. The molecule has 0 bridgehead atoms. The first-order chi connectivity index (χ1) is 8.67. The van der Waals surface area contributed by atoms with Gasteiger partial charge in [0, 0.05) is 7.11 Å². The highest BCUT2D eigenvalue weighted by molar-refractivity contribution is 5.82. The molecule has 0 heterocycles. The highest BCUT2D eigenvalue weighted by Crippen LogP contribution is 2.02. The van der Waals surface area contributed by atoms with Crippen molar-refractivity contribution in [2.24, 2.45) is 5.73 Å². The van der Waals surface area contributed by atoms with Gasteiger partial charge in [0.05, 0.1) is 18.7 Å². The zero-order valence-corrected chi connectivity index (χ0v) is 11.1. The third kappa shape index (κ3) is 4.85. The molecule has 0 radical (unpaired) electrons. The van der Waals surface area contributed by atoms with Crippen molar-refractivity contribution in [1.82, 2.24) is 5.32 Å². The van der Waals surface area contributed by atoms with Crippen LogP contribution in [0.2, 0.25) is 0 Å². The molecule has 2 atom stereocenters. The second-order valence-corrected chi connectivity index (χ2v) is 4.37. The van der Waals surface area contributed by atoms with E-state index in [1.165, 1.54) is 0 Å². The summed E-state index contributed by atoms with van der Waals surface area (Å²) in [5, 5.41) is 2.90. The standard InChI is InChI=1S/C14H22N2O2/c1-3-12(10-18-2)16-14(17)13(15)9-11-7-5-4-6-8-11/h4-8,12-13H,3,9-10,15H2,1-2H3,(H,16,17)/t12?,13-/m1/s1. The molecule has 1 rings (SSSR count). The van der Waals surface area contributed by atoms with Crippen molar-refractivity contribution < 1.29 is 9.53 Å². The zero-order chi connectivity index (χ0) is 13.4. The van der Waals surface area contributed by atoms with Crippen LogP contribution >= 0.6 is 0 Å². The Bertz CT molecular complexity index is 354. The third-order valence-corrected chi connectivity index (χ3v) is 2.84. The summed E-state index contributed by atoms with van der Waals surface area (Å²) in [6.45, 7) is 2.52. The number of rotatable bonds is 7. The van der Waals surface area contributed by atoms with E-state index in [9.17, 15) is 4.79 Å². The number of ether oxygens (including phenoxy) is 1. The normalized spacial score (nSPS) is 13.9. The molecule has 0 aliphatic carbocycles. The molecule has 0 saturated heterocycles. The summed E-state index contributed by atoms with van der Waals surface area (Å²) in [6, 6.07) is 9.29. The predicted molar refractivity (Wildman–Crippen MR) is 72.2 cm³/mol. The fraction of sp³-hybridized carbons (Fsp3) is 0.500. The lowest BCUT2D eigenvalue weighted by molar-refractivity contribution is -0.123. The summed E-state index contributed by atoms with van der Waals surface area (Å²) in [5.41, 5.74) is 6.96. The first-order valence-corrected chi connectivity index (χ1v) is 6.26. The number of nitrogens with one attached hydrogen (secondary N) is 1. The Morgan fingerprint density at radius 2 is 2.06 bits per heavy atom. The lowest BCUT2D eigenvalue weighted by atomic mass is 10.1. The summed E-state index contributed by atoms with van der Waals surface area (Å²) in [6.07, 6.45) is 1.38. The van der Waals surface area contributed by atoms with Gasteiger partial charge in [0.15, 0.2) is 0 Å². The maximum atomic E-state index is 11.9. The van der Waals surface area contributed by atoms with Crippen molar-refractivity contribution in [3.05, 3.63) is 35.9 Å². The van der Waals surface area contributed by atoms with E-state index in [1.54, 1.807) is 7.11 Å². The van der Waals surface area contributed by atoms with Crippen molar-refractivity contribution in [1.29, 1.82) is 0 Å². The highest BCUT2D eigenvalue weighted by Gasteiger charge is 2.17. The number of carbonyl (C=O) groups is 1. The molecule has 1 amide bonds. The minimum absolute atomic E-state index is 0.0318. The van der Waals surface area contributed by atoms with Gasteiger partial charge in [-0.15, -0.1) is 0 Å². The molecule has 18 heavy (non-hydrogen) atoms. The fourth-order valence-corrected chi connectivity index (χ4v) is 1.73. The summed E-state index contributed by atoms with van der Waals surface area (Å²) >= 11 is 0. The molecule has 0 fully saturated rings. The third-order valence-electron chi connectivity index (χ3n) is 2.84. The lowest BCUT2D eigenvalue weighted by Gasteiger charge is -2.19. The van der Waals surface area contributed by atoms with Crippen molar-refractivity contribution in [2.45, 2.75) is 31.8 Å². The number of methoxy groups -OCH3 is 1. The van der Waals surface area contributed by atoms with Crippen LogP contribution in [0.15, 0.2) is 30.3 Å². The van der Waals surface area contributed by atoms with Crippen LogP contribution in [0.4, 0.5) is 0 Å². The molecule has 3 N–H and O–H groups in total. The summed E-state index contributed by atoms with van der Waals surface area (Å²) in [4.78, 5) is 11.9. The average molecular weight is 250 g/mol. The predicted octanol–water partition coefficient (Wildman–Crippen LogP) is 1.10. The molecule has 0 aliphatic heterocycles. The smallest absolute Gasteiger partial charge is 0.237 e. The van der Waals surface area contributed by atoms with E-state index in [0.717, 1.165) is 12.0 Å². The van der Waals surface area contributed by atoms with Gasteiger partial charge < -0.3 is 15.8 Å². The second kappa shape index (κ2) is 7.84. The quantitative estimate of drug-likeness (QED) is 0.761. The molecule has 1 aromatic rings. The van der Waals surface area contributed by atoms with Gasteiger partial charge in [-0.1, -0.05) is 37.3 Å². The minimum atomic E-state index is -0.515. The Morgan fingerprint density at radius 3 is 2.61 bits per heavy atom. The Morgan fingerprint density at radius 1 is 1.39 bits per heavy atom. The molecule has 100 valence electrons. The number of amides is 1. The molecule has 0 saturated carbocycles. The first-order valence-electron chi connectivity index (χ1n) is 6.26. The van der Waals surface area contributed by atoms with Gasteiger partial charge in [-0.05, 0) is 18.4 Å². The molecule has 0 spiro atoms. The van der Waals surface area contributed by atoms with Crippen LogP contribution < -0.4 is 11.1 Å². The van der Waals surface area contributed by atoms with Crippen molar-refractivity contribution >= 4 is 5.91 Å². The van der Waals surface area contributed by atoms with E-state index in [2.05, 4.69) is 5.32 Å². The maximum absolute atomic E-state index is 11.9. The van der Waals surface area contributed by atoms with Crippen LogP contribution in [0.5, 0.6) is 0 Å². The van der Waals surface area contributed by atoms with Crippen molar-refractivity contribution in [3.63, 3.8) is 0 Å². The van der Waals surface area contributed by atoms with E-state index in [0.29, 0.717) is 13.0 Å². The molecule has 0 aromatic heterocycles. The van der Waals surface area contributed by atoms with Crippen molar-refractivity contribution in [2.75, 3.05) is 13.7 Å². The van der Waals surface area contributed by atoms with Crippen LogP contribution in [0.3, 0.4) is 0 Å². The van der Waals surface area contributed by atoms with Crippen LogP contribution in [0, 0.1) is 0 Å². The largest absolute Gasteiger partial charge is 0.383 e. The summed E-state index contributed by atoms with van der Waals surface area (Å²) < 4.78 is 5.04. The topological polar surface area (TPSA) is 64.3 Å². The van der Waals surface area contributed by atoms with Crippen LogP contribution in [-0.4, -0.2) is 31.7 Å². The van der Waals surface area contributed by atoms with Gasteiger partial charge in [0.25, 0.3) is 0 Å². The van der Waals surface area contributed by atoms with E-state index in [4.69, 9.17) is 10.5 Å². The minimum Gasteiger partial charge on any atom is -0.383 e. The Labute approximate surface area is 109 Å². The first kappa shape index (κ1) is 14.7. The maximum Gasteiger partial charge on any atom is 0.237 e. The van der Waals surface area contributed by atoms with Crippen LogP contribution in [0.25, 0.3) is 0 Å². The van der Waals surface area contributed by atoms with Gasteiger partial charge >= 0.3 is 0 Å². The molecule has 1 aromatic carbocycles. The second-order valence-electron chi connectivity index (χ2n) is 4.37. The monoisotopic (exact) mass is 250 g/mol. The number of nitrogens with two attached hydrogens (primary N) is 1. The number of hydrogen-bond acceptors (Lipinski definition) is 3. The zero-order valence-electron chi connectivity index (χ0n) is 11.1. The molecule has 0 aliphatic rings. The van der Waals surface area contributed by atoms with E-state index in [-0.39, 0.29) is 11.9 Å². The summed E-state index contributed by atoms with van der Waals surface area (Å²) in [7, 11) is 1.62. The van der Waals surface area contributed by atoms with Crippen molar-refractivity contribution in [3.8, 4) is 0 Å². The highest BCUT2D eigenvalue weighted by atomic mass is 16.5. The van der Waals surface area contributed by atoms with E-state index < -0.39 is 6.04 Å². The molecule has 4 heteroatoms. The SMILES string of the molecule is CCC(COC)NC(=O)[C@H](N)Cc1ccccc1. The van der Waals surface area contributed by atoms with Gasteiger partial charge in [0.1, 0.15) is 0 Å². The summed E-state index contributed by atoms with van der Waals surface area (Å²) in [5.74, 6) is -0.122. The number of carbonyl (C=O) groups excluding carboxylic acids is 1. The lowest BCUT2D eigenvalue weighted by Crippen LogP contribution is -2.47. The van der Waals surface area contributed by atoms with Crippen LogP contribution in [0.1, 0.15) is 18.9 Å². The molecule has 4 nitrogen and oxygen atoms in total. The van der Waals surface area contributed by atoms with Gasteiger partial charge in [0.2, 0.25) is 5.91 Å². The van der Waals surface area contributed by atoms with Gasteiger partial charge in [-0.3, -0.25) is 4.79 Å². The van der Waals surface area contributed by atoms with Crippen LogP contribution in [-0.2, 0) is 16.0 Å². The van der Waals surface area contributed by atoms with Gasteiger partial charge in [-0.25, -0.2) is 0 Å². The van der Waals surface area contributed by atoms with Gasteiger partial charge in [-0.2, -0.15) is 0 Å². The molecular formula is C14H22N2O2. The Balaban J connectivity index is 2.46. The molecular weight excluding hydrogens is 228 g/mol. The average Bonchev–Trinajstić information content (AvgIpc) is 2.39. The fourth-order valence-electron chi connectivity index (χ4n) is 1.73. The Kier molecular flexibility index (Phi) is 6.39. The molecule has 1 unspecified atom stereocenters.